The number of nitrogens with zero attached hydrogens (tertiary/aromatic N) is 1. The Balaban J connectivity index is 1.73. The van der Waals surface area contributed by atoms with Crippen molar-refractivity contribution >= 4 is 21.6 Å². The van der Waals surface area contributed by atoms with Gasteiger partial charge in [-0.1, -0.05) is 0 Å². The van der Waals surface area contributed by atoms with Crippen LogP contribution in [0.4, 0.5) is 5.69 Å². The highest BCUT2D eigenvalue weighted by Gasteiger charge is 2.31. The van der Waals surface area contributed by atoms with Gasteiger partial charge in [-0.25, -0.2) is 8.42 Å². The minimum absolute atomic E-state index is 0.0973. The third kappa shape index (κ3) is 4.77. The molecule has 7 nitrogen and oxygen atoms in total. The van der Waals surface area contributed by atoms with Crippen molar-refractivity contribution in [3.05, 3.63) is 53.6 Å². The van der Waals surface area contributed by atoms with Gasteiger partial charge in [0.25, 0.3) is 5.91 Å². The fraction of sp³-hybridized carbons (Fsp3) is 0.381. The number of benzene rings is 2. The van der Waals surface area contributed by atoms with Crippen molar-refractivity contribution in [3.63, 3.8) is 0 Å². The van der Waals surface area contributed by atoms with E-state index in [-0.39, 0.29) is 22.9 Å². The summed E-state index contributed by atoms with van der Waals surface area (Å²) in [7, 11) is -1.99. The third-order valence-electron chi connectivity index (χ3n) is 4.93. The molecule has 2 atom stereocenters. The van der Waals surface area contributed by atoms with Crippen LogP contribution in [0.5, 0.6) is 5.75 Å². The second kappa shape index (κ2) is 8.52. The first-order valence-electron chi connectivity index (χ1n) is 9.53. The van der Waals surface area contributed by atoms with Crippen molar-refractivity contribution in [1.82, 2.24) is 9.62 Å². The highest BCUT2D eigenvalue weighted by molar-refractivity contribution is 7.89. The first kappa shape index (κ1) is 21.3. The summed E-state index contributed by atoms with van der Waals surface area (Å²) in [5.41, 5.74) is 1.90. The van der Waals surface area contributed by atoms with Gasteiger partial charge in [-0.3, -0.25) is 4.79 Å². The van der Waals surface area contributed by atoms with Crippen LogP contribution in [0.1, 0.15) is 29.8 Å². The van der Waals surface area contributed by atoms with E-state index in [1.54, 1.807) is 37.4 Å². The Bertz CT molecular complexity index is 979. The van der Waals surface area contributed by atoms with Crippen molar-refractivity contribution < 1.29 is 17.9 Å². The monoisotopic (exact) mass is 417 g/mol. The van der Waals surface area contributed by atoms with E-state index in [0.29, 0.717) is 30.1 Å². The molecule has 2 aromatic rings. The fourth-order valence-corrected chi connectivity index (χ4v) is 5.17. The van der Waals surface area contributed by atoms with E-state index in [1.165, 1.54) is 16.4 Å². The lowest BCUT2D eigenvalue weighted by molar-refractivity contribution is 0.102. The largest absolute Gasteiger partial charge is 0.496 e. The topological polar surface area (TPSA) is 87.7 Å². The lowest BCUT2D eigenvalue weighted by Crippen LogP contribution is -2.55. The molecule has 3 rings (SSSR count). The number of rotatable bonds is 5. The molecule has 0 aliphatic carbocycles. The van der Waals surface area contributed by atoms with Crippen LogP contribution in [0.2, 0.25) is 0 Å². The van der Waals surface area contributed by atoms with Crippen LogP contribution in [0.15, 0.2) is 47.4 Å². The number of amides is 1. The summed E-state index contributed by atoms with van der Waals surface area (Å²) in [5.74, 6) is 0.448. The van der Waals surface area contributed by atoms with Crippen molar-refractivity contribution in [2.24, 2.45) is 0 Å². The molecule has 0 aromatic heterocycles. The van der Waals surface area contributed by atoms with Gasteiger partial charge in [0.1, 0.15) is 5.75 Å². The zero-order valence-electron chi connectivity index (χ0n) is 17.1. The maximum atomic E-state index is 12.9. The van der Waals surface area contributed by atoms with Crippen LogP contribution >= 0.6 is 0 Å². The van der Waals surface area contributed by atoms with Gasteiger partial charge < -0.3 is 15.4 Å². The summed E-state index contributed by atoms with van der Waals surface area (Å²) < 4.78 is 32.6. The normalized spacial score (nSPS) is 20.3. The van der Waals surface area contributed by atoms with E-state index >= 15 is 0 Å². The fourth-order valence-electron chi connectivity index (χ4n) is 3.56. The highest BCUT2D eigenvalue weighted by atomic mass is 32.2. The molecule has 2 N–H and O–H groups in total. The number of aryl methyl sites for hydroxylation is 1. The zero-order valence-corrected chi connectivity index (χ0v) is 17.9. The highest BCUT2D eigenvalue weighted by Crippen LogP contribution is 2.22. The third-order valence-corrected chi connectivity index (χ3v) is 6.78. The van der Waals surface area contributed by atoms with Gasteiger partial charge in [-0.15, -0.1) is 0 Å². The Labute approximate surface area is 172 Å². The smallest absolute Gasteiger partial charge is 0.255 e. The Kier molecular flexibility index (Phi) is 6.26. The van der Waals surface area contributed by atoms with E-state index < -0.39 is 10.0 Å². The second-order valence-electron chi connectivity index (χ2n) is 7.45. The standard InChI is InChI=1S/C21H27N3O4S/c1-14-11-17(5-10-20(14)28-4)21(25)23-18-6-8-19(9-7-18)29(26,27)24-12-15(2)22-16(3)13-24/h5-11,15-16,22H,12-13H2,1-4H3,(H,23,25). The molecule has 0 bridgehead atoms. The maximum Gasteiger partial charge on any atom is 0.255 e. The van der Waals surface area contributed by atoms with Crippen LogP contribution in [0.3, 0.4) is 0 Å². The van der Waals surface area contributed by atoms with E-state index in [2.05, 4.69) is 10.6 Å². The predicted molar refractivity (Wildman–Crippen MR) is 113 cm³/mol. The molecule has 1 fully saturated rings. The summed E-state index contributed by atoms with van der Waals surface area (Å²) in [6.45, 7) is 6.67. The lowest BCUT2D eigenvalue weighted by Gasteiger charge is -2.35. The van der Waals surface area contributed by atoms with Crippen molar-refractivity contribution in [1.29, 1.82) is 0 Å². The minimum Gasteiger partial charge on any atom is -0.496 e. The van der Waals surface area contributed by atoms with Crippen molar-refractivity contribution in [2.75, 3.05) is 25.5 Å². The number of carbonyl (C=O) groups excluding carboxylic acids is 1. The second-order valence-corrected chi connectivity index (χ2v) is 9.39. The van der Waals surface area contributed by atoms with Crippen LogP contribution in [0.25, 0.3) is 0 Å². The molecule has 1 aliphatic rings. The Morgan fingerprint density at radius 2 is 1.72 bits per heavy atom. The van der Waals surface area contributed by atoms with E-state index in [0.717, 1.165) is 5.56 Å². The van der Waals surface area contributed by atoms with Gasteiger partial charge in [-0.05, 0) is 68.8 Å². The van der Waals surface area contributed by atoms with Gasteiger partial charge in [0.15, 0.2) is 0 Å². The van der Waals surface area contributed by atoms with Gasteiger partial charge in [0, 0.05) is 36.4 Å². The average Bonchev–Trinajstić information content (AvgIpc) is 2.67. The molecule has 2 aromatic carbocycles. The molecule has 1 amide bonds. The van der Waals surface area contributed by atoms with Crippen LogP contribution in [-0.2, 0) is 10.0 Å². The molecule has 1 heterocycles. The summed E-state index contributed by atoms with van der Waals surface area (Å²) in [4.78, 5) is 12.7. The maximum absolute atomic E-state index is 12.9. The van der Waals surface area contributed by atoms with E-state index in [4.69, 9.17) is 4.74 Å². The number of ether oxygens (including phenoxy) is 1. The van der Waals surface area contributed by atoms with E-state index in [1.807, 2.05) is 20.8 Å². The number of hydrogen-bond donors (Lipinski definition) is 2. The van der Waals surface area contributed by atoms with E-state index in [9.17, 15) is 13.2 Å². The minimum atomic E-state index is -3.57. The number of methoxy groups -OCH3 is 1. The quantitative estimate of drug-likeness (QED) is 0.781. The van der Waals surface area contributed by atoms with Gasteiger partial charge >= 0.3 is 0 Å². The summed E-state index contributed by atoms with van der Waals surface area (Å²) in [5, 5.41) is 6.13. The molecule has 2 unspecified atom stereocenters. The summed E-state index contributed by atoms with van der Waals surface area (Å²) in [6.07, 6.45) is 0. The van der Waals surface area contributed by atoms with Gasteiger partial charge in [-0.2, -0.15) is 4.31 Å². The first-order chi connectivity index (χ1) is 13.7. The number of piperazine rings is 1. The molecular weight excluding hydrogens is 390 g/mol. The molecule has 1 aliphatic heterocycles. The molecule has 0 spiro atoms. The molecule has 0 saturated carbocycles. The zero-order chi connectivity index (χ0) is 21.2. The lowest BCUT2D eigenvalue weighted by atomic mass is 10.1. The van der Waals surface area contributed by atoms with Crippen LogP contribution in [0, 0.1) is 6.92 Å². The van der Waals surface area contributed by atoms with Crippen molar-refractivity contribution in [2.45, 2.75) is 37.8 Å². The molecule has 8 heteroatoms. The first-order valence-corrected chi connectivity index (χ1v) is 11.0. The Morgan fingerprint density at radius 1 is 1.10 bits per heavy atom. The van der Waals surface area contributed by atoms with Gasteiger partial charge in [0.05, 0.1) is 12.0 Å². The summed E-state index contributed by atoms with van der Waals surface area (Å²) >= 11 is 0. The molecule has 29 heavy (non-hydrogen) atoms. The Hall–Kier alpha value is -2.42. The number of carbonyl (C=O) groups is 1. The van der Waals surface area contributed by atoms with Crippen LogP contribution < -0.4 is 15.4 Å². The molecular formula is C21H27N3O4S. The Morgan fingerprint density at radius 3 is 2.28 bits per heavy atom. The van der Waals surface area contributed by atoms with Crippen molar-refractivity contribution in [3.8, 4) is 5.75 Å². The predicted octanol–water partition coefficient (Wildman–Crippen LogP) is 2.63. The number of nitrogens with one attached hydrogen (secondary N) is 2. The van der Waals surface area contributed by atoms with Crippen LogP contribution in [-0.4, -0.2) is 50.9 Å². The molecule has 1 saturated heterocycles. The molecule has 0 radical (unpaired) electrons. The number of hydrogen-bond acceptors (Lipinski definition) is 5. The SMILES string of the molecule is COc1ccc(C(=O)Nc2ccc(S(=O)(=O)N3CC(C)NC(C)C3)cc2)cc1C. The average molecular weight is 418 g/mol. The number of anilines is 1. The summed E-state index contributed by atoms with van der Waals surface area (Å²) in [6, 6.07) is 11.7. The molecule has 156 valence electrons. The van der Waals surface area contributed by atoms with Gasteiger partial charge in [0.2, 0.25) is 10.0 Å². The number of sulfonamides is 1.